The standard InChI is InChI=1S/C11H21NS/c1-3-10-4-6-11(7-5-10)12-9(2)8-13-11/h9-10,12H,3-8H2,1-2H3. The molecule has 1 heterocycles. The fraction of sp³-hybridized carbons (Fsp3) is 1.00. The van der Waals surface area contributed by atoms with Crippen molar-refractivity contribution in [3.05, 3.63) is 0 Å². The van der Waals surface area contributed by atoms with Crippen molar-refractivity contribution in [1.82, 2.24) is 5.32 Å². The van der Waals surface area contributed by atoms with Crippen LogP contribution in [0.3, 0.4) is 0 Å². The van der Waals surface area contributed by atoms with Gasteiger partial charge in [0, 0.05) is 11.8 Å². The Kier molecular flexibility index (Phi) is 2.89. The zero-order valence-corrected chi connectivity index (χ0v) is 9.62. The molecular weight excluding hydrogens is 178 g/mol. The maximum Gasteiger partial charge on any atom is 0.0648 e. The normalized spacial score (nSPS) is 45.7. The van der Waals surface area contributed by atoms with Crippen molar-refractivity contribution < 1.29 is 0 Å². The van der Waals surface area contributed by atoms with Gasteiger partial charge in [-0.25, -0.2) is 0 Å². The molecule has 1 unspecified atom stereocenters. The van der Waals surface area contributed by atoms with Crippen LogP contribution >= 0.6 is 11.8 Å². The Balaban J connectivity index is 1.90. The molecule has 0 aromatic heterocycles. The average Bonchev–Trinajstić information content (AvgIpc) is 2.49. The summed E-state index contributed by atoms with van der Waals surface area (Å²) in [6.45, 7) is 4.65. The van der Waals surface area contributed by atoms with Crippen molar-refractivity contribution in [2.45, 2.75) is 56.9 Å². The number of hydrogen-bond acceptors (Lipinski definition) is 2. The first kappa shape index (κ1) is 9.85. The first-order valence-electron chi connectivity index (χ1n) is 5.66. The molecule has 0 aromatic rings. The fourth-order valence-electron chi connectivity index (χ4n) is 2.66. The van der Waals surface area contributed by atoms with Crippen LogP contribution in [-0.4, -0.2) is 16.7 Å². The molecule has 13 heavy (non-hydrogen) atoms. The van der Waals surface area contributed by atoms with Crippen molar-refractivity contribution >= 4 is 11.8 Å². The van der Waals surface area contributed by atoms with Crippen LogP contribution in [0.5, 0.6) is 0 Å². The molecule has 0 amide bonds. The fourth-order valence-corrected chi connectivity index (χ4v) is 4.12. The highest BCUT2D eigenvalue weighted by atomic mass is 32.2. The third-order valence-corrected chi connectivity index (χ3v) is 5.35. The van der Waals surface area contributed by atoms with Crippen LogP contribution in [0.4, 0.5) is 0 Å². The summed E-state index contributed by atoms with van der Waals surface area (Å²) in [6.07, 6.45) is 7.09. The number of nitrogens with one attached hydrogen (secondary N) is 1. The zero-order chi connectivity index (χ0) is 9.31. The highest BCUT2D eigenvalue weighted by Gasteiger charge is 2.40. The minimum absolute atomic E-state index is 0.491. The van der Waals surface area contributed by atoms with E-state index in [4.69, 9.17) is 0 Å². The van der Waals surface area contributed by atoms with Crippen molar-refractivity contribution in [3.63, 3.8) is 0 Å². The third kappa shape index (κ3) is 2.04. The zero-order valence-electron chi connectivity index (χ0n) is 8.81. The predicted molar refractivity (Wildman–Crippen MR) is 60.0 cm³/mol. The van der Waals surface area contributed by atoms with Gasteiger partial charge in [0.05, 0.1) is 4.87 Å². The molecule has 1 aliphatic carbocycles. The Labute approximate surface area is 86.0 Å². The minimum atomic E-state index is 0.491. The summed E-state index contributed by atoms with van der Waals surface area (Å²) in [7, 11) is 0. The molecule has 2 aliphatic rings. The van der Waals surface area contributed by atoms with E-state index in [1.165, 1.54) is 37.9 Å². The maximum atomic E-state index is 3.78. The monoisotopic (exact) mass is 199 g/mol. The summed E-state index contributed by atoms with van der Waals surface area (Å²) in [5, 5.41) is 3.78. The Morgan fingerprint density at radius 3 is 2.54 bits per heavy atom. The Hall–Kier alpha value is 0.310. The molecule has 1 N–H and O–H groups in total. The summed E-state index contributed by atoms with van der Waals surface area (Å²) in [4.78, 5) is 0.491. The molecule has 0 radical (unpaired) electrons. The number of rotatable bonds is 1. The van der Waals surface area contributed by atoms with Gasteiger partial charge in [-0.3, -0.25) is 5.32 Å². The van der Waals surface area contributed by atoms with E-state index >= 15 is 0 Å². The van der Waals surface area contributed by atoms with Crippen molar-refractivity contribution in [2.24, 2.45) is 5.92 Å². The van der Waals surface area contributed by atoms with Gasteiger partial charge in [-0.2, -0.15) is 0 Å². The molecule has 76 valence electrons. The first-order valence-corrected chi connectivity index (χ1v) is 6.64. The maximum absolute atomic E-state index is 3.78. The van der Waals surface area contributed by atoms with Crippen LogP contribution < -0.4 is 5.32 Å². The summed E-state index contributed by atoms with van der Waals surface area (Å²) in [5.41, 5.74) is 0. The van der Waals surface area contributed by atoms with Gasteiger partial charge in [-0.1, -0.05) is 13.3 Å². The van der Waals surface area contributed by atoms with E-state index in [0.717, 1.165) is 12.0 Å². The van der Waals surface area contributed by atoms with Gasteiger partial charge in [0.25, 0.3) is 0 Å². The Bertz CT molecular complexity index is 173. The Morgan fingerprint density at radius 1 is 1.38 bits per heavy atom. The molecule has 0 bridgehead atoms. The van der Waals surface area contributed by atoms with E-state index in [1.807, 2.05) is 0 Å². The highest BCUT2D eigenvalue weighted by molar-refractivity contribution is 8.00. The lowest BCUT2D eigenvalue weighted by Crippen LogP contribution is -2.43. The van der Waals surface area contributed by atoms with Gasteiger partial charge in [-0.15, -0.1) is 11.8 Å². The van der Waals surface area contributed by atoms with Gasteiger partial charge in [0.2, 0.25) is 0 Å². The first-order chi connectivity index (χ1) is 6.24. The van der Waals surface area contributed by atoms with Crippen LogP contribution in [-0.2, 0) is 0 Å². The second-order valence-electron chi connectivity index (χ2n) is 4.70. The van der Waals surface area contributed by atoms with Gasteiger partial charge < -0.3 is 0 Å². The van der Waals surface area contributed by atoms with Gasteiger partial charge in [0.15, 0.2) is 0 Å². The molecule has 1 nitrogen and oxygen atoms in total. The van der Waals surface area contributed by atoms with Crippen molar-refractivity contribution in [3.8, 4) is 0 Å². The smallest absolute Gasteiger partial charge is 0.0648 e. The van der Waals surface area contributed by atoms with E-state index in [1.54, 1.807) is 0 Å². The average molecular weight is 199 g/mol. The summed E-state index contributed by atoms with van der Waals surface area (Å²) < 4.78 is 0. The van der Waals surface area contributed by atoms with E-state index in [2.05, 4.69) is 30.9 Å². The van der Waals surface area contributed by atoms with Crippen LogP contribution in [0.2, 0.25) is 0 Å². The third-order valence-electron chi connectivity index (χ3n) is 3.61. The van der Waals surface area contributed by atoms with Crippen LogP contribution in [0.1, 0.15) is 46.0 Å². The summed E-state index contributed by atoms with van der Waals surface area (Å²) >= 11 is 2.18. The second-order valence-corrected chi connectivity index (χ2v) is 6.11. The molecule has 2 rings (SSSR count). The van der Waals surface area contributed by atoms with Gasteiger partial charge >= 0.3 is 0 Å². The highest BCUT2D eigenvalue weighted by Crippen LogP contribution is 2.44. The lowest BCUT2D eigenvalue weighted by Gasteiger charge is -2.36. The molecule has 1 spiro atoms. The predicted octanol–water partition coefficient (Wildman–Crippen LogP) is 3.01. The quantitative estimate of drug-likeness (QED) is 0.697. The largest absolute Gasteiger partial charge is 0.299 e. The molecule has 1 atom stereocenters. The SMILES string of the molecule is CCC1CCC2(CC1)NC(C)CS2. The molecule has 1 aliphatic heterocycles. The second kappa shape index (κ2) is 3.82. The molecular formula is C11H21NS. The lowest BCUT2D eigenvalue weighted by atomic mass is 9.84. The summed E-state index contributed by atoms with van der Waals surface area (Å²) in [5.74, 6) is 2.33. The molecule has 1 saturated carbocycles. The topological polar surface area (TPSA) is 12.0 Å². The molecule has 1 saturated heterocycles. The van der Waals surface area contributed by atoms with Crippen LogP contribution in [0, 0.1) is 5.92 Å². The van der Waals surface area contributed by atoms with Crippen molar-refractivity contribution in [1.29, 1.82) is 0 Å². The van der Waals surface area contributed by atoms with E-state index in [-0.39, 0.29) is 0 Å². The van der Waals surface area contributed by atoms with Crippen molar-refractivity contribution in [2.75, 3.05) is 5.75 Å². The lowest BCUT2D eigenvalue weighted by molar-refractivity contribution is 0.262. The van der Waals surface area contributed by atoms with Gasteiger partial charge in [0.1, 0.15) is 0 Å². The van der Waals surface area contributed by atoms with E-state index in [0.29, 0.717) is 4.87 Å². The summed E-state index contributed by atoms with van der Waals surface area (Å²) in [6, 6.07) is 0.739. The molecule has 0 aromatic carbocycles. The van der Waals surface area contributed by atoms with Gasteiger partial charge in [-0.05, 0) is 38.5 Å². The number of thioether (sulfide) groups is 1. The van der Waals surface area contributed by atoms with E-state index in [9.17, 15) is 0 Å². The van der Waals surface area contributed by atoms with Crippen LogP contribution in [0.25, 0.3) is 0 Å². The molecule has 2 heteroatoms. The molecule has 2 fully saturated rings. The van der Waals surface area contributed by atoms with Crippen LogP contribution in [0.15, 0.2) is 0 Å². The minimum Gasteiger partial charge on any atom is -0.299 e. The Morgan fingerprint density at radius 2 is 2.08 bits per heavy atom. The number of hydrogen-bond donors (Lipinski definition) is 1. The van der Waals surface area contributed by atoms with E-state index < -0.39 is 0 Å².